The van der Waals surface area contributed by atoms with Gasteiger partial charge in [0.25, 0.3) is 0 Å². The molecular formula is C22H21ClN2O2S. The van der Waals surface area contributed by atoms with E-state index in [1.165, 1.54) is 5.56 Å². The second kappa shape index (κ2) is 8.41. The highest BCUT2D eigenvalue weighted by atomic mass is 35.5. The van der Waals surface area contributed by atoms with Crippen LogP contribution in [0.15, 0.2) is 58.4 Å². The molecule has 0 N–H and O–H groups in total. The summed E-state index contributed by atoms with van der Waals surface area (Å²) in [5.74, 6) is 1.50. The van der Waals surface area contributed by atoms with Gasteiger partial charge in [-0.2, -0.15) is 4.98 Å². The SMILES string of the molecule is CCOc1ccc(-n2c3c(c(SCc4ccccc4Cl)nc2=O)CCC3)cc1. The molecule has 0 aliphatic heterocycles. The van der Waals surface area contributed by atoms with Crippen molar-refractivity contribution in [3.05, 3.63) is 80.9 Å². The third-order valence-electron chi connectivity index (χ3n) is 4.83. The Labute approximate surface area is 173 Å². The van der Waals surface area contributed by atoms with E-state index in [-0.39, 0.29) is 5.69 Å². The van der Waals surface area contributed by atoms with Crippen molar-refractivity contribution in [3.8, 4) is 11.4 Å². The van der Waals surface area contributed by atoms with E-state index < -0.39 is 0 Å². The summed E-state index contributed by atoms with van der Waals surface area (Å²) in [6.07, 6.45) is 2.88. The molecular weight excluding hydrogens is 392 g/mol. The van der Waals surface area contributed by atoms with Gasteiger partial charge in [0.2, 0.25) is 0 Å². The Kier molecular flexibility index (Phi) is 5.74. The fourth-order valence-corrected chi connectivity index (χ4v) is 4.89. The first-order valence-corrected chi connectivity index (χ1v) is 10.8. The minimum atomic E-state index is -0.230. The summed E-state index contributed by atoms with van der Waals surface area (Å²) in [4.78, 5) is 17.3. The van der Waals surface area contributed by atoms with Crippen molar-refractivity contribution in [2.75, 3.05) is 6.61 Å². The number of rotatable bonds is 6. The molecule has 28 heavy (non-hydrogen) atoms. The summed E-state index contributed by atoms with van der Waals surface area (Å²) in [6.45, 7) is 2.57. The third-order valence-corrected chi connectivity index (χ3v) is 6.27. The number of fused-ring (bicyclic) bond motifs is 1. The molecule has 0 spiro atoms. The molecule has 0 atom stereocenters. The van der Waals surface area contributed by atoms with Gasteiger partial charge in [0, 0.05) is 22.0 Å². The molecule has 0 amide bonds. The largest absolute Gasteiger partial charge is 0.494 e. The zero-order chi connectivity index (χ0) is 19.5. The van der Waals surface area contributed by atoms with Crippen molar-refractivity contribution < 1.29 is 4.74 Å². The Balaban J connectivity index is 1.67. The highest BCUT2D eigenvalue weighted by Crippen LogP contribution is 2.33. The second-order valence-electron chi connectivity index (χ2n) is 6.62. The van der Waals surface area contributed by atoms with Crippen LogP contribution in [0.25, 0.3) is 5.69 Å². The van der Waals surface area contributed by atoms with Crippen LogP contribution in [0.1, 0.15) is 30.2 Å². The standard InChI is InChI=1S/C22H21ClN2O2S/c1-2-27-17-12-10-16(11-13-17)25-20-9-5-7-18(20)21(24-22(25)26)28-14-15-6-3-4-8-19(15)23/h3-4,6,8,10-13H,2,5,7,9,14H2,1H3. The van der Waals surface area contributed by atoms with Crippen molar-refractivity contribution in [1.82, 2.24) is 9.55 Å². The van der Waals surface area contributed by atoms with E-state index in [1.54, 1.807) is 16.3 Å². The second-order valence-corrected chi connectivity index (χ2v) is 7.99. The lowest BCUT2D eigenvalue weighted by molar-refractivity contribution is 0.340. The summed E-state index contributed by atoms with van der Waals surface area (Å²) in [5.41, 5.74) is 3.92. The molecule has 0 bridgehead atoms. The van der Waals surface area contributed by atoms with Crippen molar-refractivity contribution >= 4 is 23.4 Å². The molecule has 1 aromatic heterocycles. The Morgan fingerprint density at radius 3 is 2.68 bits per heavy atom. The van der Waals surface area contributed by atoms with Crippen LogP contribution >= 0.6 is 23.4 Å². The highest BCUT2D eigenvalue weighted by molar-refractivity contribution is 7.98. The normalized spacial score (nSPS) is 12.8. The summed E-state index contributed by atoms with van der Waals surface area (Å²) >= 11 is 7.86. The van der Waals surface area contributed by atoms with Gasteiger partial charge in [-0.3, -0.25) is 4.57 Å². The number of benzene rings is 2. The lowest BCUT2D eigenvalue weighted by Gasteiger charge is -2.15. The van der Waals surface area contributed by atoms with E-state index in [0.29, 0.717) is 12.4 Å². The molecule has 6 heteroatoms. The molecule has 3 aromatic rings. The van der Waals surface area contributed by atoms with Crippen LogP contribution in [-0.2, 0) is 18.6 Å². The molecule has 4 rings (SSSR count). The van der Waals surface area contributed by atoms with E-state index in [9.17, 15) is 4.79 Å². The number of halogens is 1. The molecule has 0 saturated heterocycles. The van der Waals surface area contributed by atoms with Crippen LogP contribution in [0.3, 0.4) is 0 Å². The Morgan fingerprint density at radius 2 is 1.93 bits per heavy atom. The first-order valence-electron chi connectivity index (χ1n) is 9.41. The van der Waals surface area contributed by atoms with Gasteiger partial charge in [0.1, 0.15) is 10.8 Å². The number of ether oxygens (including phenoxy) is 1. The van der Waals surface area contributed by atoms with Gasteiger partial charge in [-0.05, 0) is 62.1 Å². The minimum absolute atomic E-state index is 0.230. The molecule has 0 fully saturated rings. The fourth-order valence-electron chi connectivity index (χ4n) is 3.53. The Hall–Kier alpha value is -2.24. The molecule has 1 aliphatic rings. The third kappa shape index (κ3) is 3.82. The van der Waals surface area contributed by atoms with Crippen LogP contribution in [0.2, 0.25) is 5.02 Å². The molecule has 1 aliphatic carbocycles. The smallest absolute Gasteiger partial charge is 0.353 e. The summed E-state index contributed by atoms with van der Waals surface area (Å²) in [5, 5.41) is 1.58. The number of nitrogens with zero attached hydrogens (tertiary/aromatic N) is 2. The number of hydrogen-bond acceptors (Lipinski definition) is 4. The van der Waals surface area contributed by atoms with Crippen molar-refractivity contribution in [2.24, 2.45) is 0 Å². The van der Waals surface area contributed by atoms with Gasteiger partial charge in [-0.15, -0.1) is 11.8 Å². The zero-order valence-corrected chi connectivity index (χ0v) is 17.2. The summed E-state index contributed by atoms with van der Waals surface area (Å²) in [7, 11) is 0. The van der Waals surface area contributed by atoms with Gasteiger partial charge in [0.15, 0.2) is 0 Å². The van der Waals surface area contributed by atoms with E-state index in [2.05, 4.69) is 4.98 Å². The molecule has 0 radical (unpaired) electrons. The van der Waals surface area contributed by atoms with Crippen LogP contribution in [0, 0.1) is 0 Å². The van der Waals surface area contributed by atoms with E-state index in [1.807, 2.05) is 55.5 Å². The monoisotopic (exact) mass is 412 g/mol. The molecule has 0 saturated carbocycles. The van der Waals surface area contributed by atoms with Crippen LogP contribution < -0.4 is 10.4 Å². The number of thioether (sulfide) groups is 1. The average molecular weight is 413 g/mol. The van der Waals surface area contributed by atoms with Crippen molar-refractivity contribution in [2.45, 2.75) is 37.0 Å². The van der Waals surface area contributed by atoms with E-state index >= 15 is 0 Å². The Bertz CT molecular complexity index is 1050. The van der Waals surface area contributed by atoms with Gasteiger partial charge in [-0.25, -0.2) is 4.79 Å². The maximum Gasteiger partial charge on any atom is 0.353 e. The number of aromatic nitrogens is 2. The lowest BCUT2D eigenvalue weighted by Crippen LogP contribution is -2.25. The zero-order valence-electron chi connectivity index (χ0n) is 15.7. The first-order chi connectivity index (χ1) is 13.7. The highest BCUT2D eigenvalue weighted by Gasteiger charge is 2.23. The van der Waals surface area contributed by atoms with Gasteiger partial charge in [0.05, 0.1) is 12.3 Å². The van der Waals surface area contributed by atoms with Crippen molar-refractivity contribution in [3.63, 3.8) is 0 Å². The summed E-state index contributed by atoms with van der Waals surface area (Å²) in [6, 6.07) is 15.4. The predicted molar refractivity (Wildman–Crippen MR) is 114 cm³/mol. The fraction of sp³-hybridized carbons (Fsp3) is 0.273. The summed E-state index contributed by atoms with van der Waals surface area (Å²) < 4.78 is 7.25. The average Bonchev–Trinajstić information content (AvgIpc) is 3.18. The molecule has 0 unspecified atom stereocenters. The maximum absolute atomic E-state index is 12.9. The lowest BCUT2D eigenvalue weighted by atomic mass is 10.2. The van der Waals surface area contributed by atoms with Gasteiger partial charge < -0.3 is 4.74 Å². The Morgan fingerprint density at radius 1 is 1.14 bits per heavy atom. The quantitative estimate of drug-likeness (QED) is 0.419. The topological polar surface area (TPSA) is 44.1 Å². The maximum atomic E-state index is 12.9. The van der Waals surface area contributed by atoms with Gasteiger partial charge >= 0.3 is 5.69 Å². The van der Waals surface area contributed by atoms with Crippen LogP contribution in [0.5, 0.6) is 5.75 Å². The molecule has 2 aromatic carbocycles. The minimum Gasteiger partial charge on any atom is -0.494 e. The first kappa shape index (κ1) is 19.1. The van der Waals surface area contributed by atoms with Gasteiger partial charge in [-0.1, -0.05) is 29.8 Å². The predicted octanol–water partition coefficient (Wildman–Crippen LogP) is 5.07. The van der Waals surface area contributed by atoms with Crippen LogP contribution in [-0.4, -0.2) is 16.2 Å². The molecule has 4 nitrogen and oxygen atoms in total. The van der Waals surface area contributed by atoms with E-state index in [4.69, 9.17) is 16.3 Å². The van der Waals surface area contributed by atoms with Crippen LogP contribution in [0.4, 0.5) is 0 Å². The van der Waals surface area contributed by atoms with E-state index in [0.717, 1.165) is 52.0 Å². The molecule has 144 valence electrons. The van der Waals surface area contributed by atoms with Crippen molar-refractivity contribution in [1.29, 1.82) is 0 Å². The molecule has 1 heterocycles. The number of hydrogen-bond donors (Lipinski definition) is 0.